The number of carbonyl (C=O) groups excluding carboxylic acids is 1. The predicted octanol–water partition coefficient (Wildman–Crippen LogP) is 5.67. The minimum atomic E-state index is -0.275. The zero-order chi connectivity index (χ0) is 23.2. The molecule has 168 valence electrons. The molecule has 1 aromatic heterocycles. The first-order valence-corrected chi connectivity index (χ1v) is 11.5. The predicted molar refractivity (Wildman–Crippen MR) is 134 cm³/mol. The Hall–Kier alpha value is -3.29. The van der Waals surface area contributed by atoms with Gasteiger partial charge in [0.1, 0.15) is 17.3 Å². The zero-order valence-electron chi connectivity index (χ0n) is 18.0. The number of ether oxygens (including phenoxy) is 1. The van der Waals surface area contributed by atoms with Crippen LogP contribution in [0.15, 0.2) is 87.9 Å². The van der Waals surface area contributed by atoms with E-state index in [4.69, 9.17) is 20.8 Å². The van der Waals surface area contributed by atoms with E-state index in [0.29, 0.717) is 34.7 Å². The van der Waals surface area contributed by atoms with Crippen LogP contribution < -0.4 is 4.74 Å². The number of rotatable bonds is 8. The number of furan rings is 1. The van der Waals surface area contributed by atoms with Crippen LogP contribution in [0.25, 0.3) is 11.3 Å². The van der Waals surface area contributed by atoms with E-state index in [-0.39, 0.29) is 11.2 Å². The Morgan fingerprint density at radius 2 is 1.97 bits per heavy atom. The number of amidine groups is 1. The summed E-state index contributed by atoms with van der Waals surface area (Å²) < 4.78 is 11.0. The Labute approximate surface area is 201 Å². The maximum absolute atomic E-state index is 12.9. The summed E-state index contributed by atoms with van der Waals surface area (Å²) in [6, 6.07) is 18.8. The van der Waals surface area contributed by atoms with Crippen molar-refractivity contribution in [1.82, 2.24) is 4.90 Å². The van der Waals surface area contributed by atoms with Crippen LogP contribution in [-0.2, 0) is 11.2 Å². The Morgan fingerprint density at radius 1 is 1.18 bits per heavy atom. The SMILES string of the molecule is C=CCN1C(=O)C(Cc2ccc(OC)cc2)SC1=NN=Cc1ccc(-c2ccccc2Cl)o1. The molecule has 1 amide bonds. The number of amides is 1. The van der Waals surface area contributed by atoms with E-state index in [1.165, 1.54) is 18.0 Å². The van der Waals surface area contributed by atoms with Gasteiger partial charge < -0.3 is 9.15 Å². The average molecular weight is 480 g/mol. The van der Waals surface area contributed by atoms with Gasteiger partial charge in [-0.1, -0.05) is 53.7 Å². The summed E-state index contributed by atoms with van der Waals surface area (Å²) >= 11 is 7.63. The molecule has 1 fully saturated rings. The highest BCUT2D eigenvalue weighted by molar-refractivity contribution is 8.15. The zero-order valence-corrected chi connectivity index (χ0v) is 19.6. The monoisotopic (exact) mass is 479 g/mol. The van der Waals surface area contributed by atoms with Crippen LogP contribution in [0, 0.1) is 0 Å². The Morgan fingerprint density at radius 3 is 2.70 bits per heavy atom. The molecule has 0 radical (unpaired) electrons. The number of nitrogens with zero attached hydrogens (tertiary/aromatic N) is 3. The molecular weight excluding hydrogens is 458 g/mol. The van der Waals surface area contributed by atoms with Crippen molar-refractivity contribution in [3.63, 3.8) is 0 Å². The Balaban J connectivity index is 1.47. The molecule has 0 N–H and O–H groups in total. The molecule has 33 heavy (non-hydrogen) atoms. The van der Waals surface area contributed by atoms with Gasteiger partial charge in [-0.05, 0) is 48.4 Å². The summed E-state index contributed by atoms with van der Waals surface area (Å²) in [5.41, 5.74) is 1.85. The van der Waals surface area contributed by atoms with Gasteiger partial charge in [0, 0.05) is 12.1 Å². The first kappa shape index (κ1) is 22.9. The van der Waals surface area contributed by atoms with E-state index >= 15 is 0 Å². The fourth-order valence-corrected chi connectivity index (χ4v) is 4.73. The van der Waals surface area contributed by atoms with Crippen molar-refractivity contribution in [3.05, 3.63) is 89.7 Å². The second-order valence-corrected chi connectivity index (χ2v) is 8.78. The van der Waals surface area contributed by atoms with Gasteiger partial charge in [-0.15, -0.1) is 11.7 Å². The van der Waals surface area contributed by atoms with Gasteiger partial charge in [-0.3, -0.25) is 9.69 Å². The number of hydrogen-bond acceptors (Lipinski definition) is 6. The van der Waals surface area contributed by atoms with E-state index in [2.05, 4.69) is 16.8 Å². The Kier molecular flexibility index (Phi) is 7.32. The van der Waals surface area contributed by atoms with Crippen molar-refractivity contribution in [2.24, 2.45) is 10.2 Å². The van der Waals surface area contributed by atoms with Gasteiger partial charge in [0.2, 0.25) is 5.91 Å². The highest BCUT2D eigenvalue weighted by Crippen LogP contribution is 2.31. The number of methoxy groups -OCH3 is 1. The molecule has 0 saturated carbocycles. The third-order valence-corrected chi connectivity index (χ3v) is 6.50. The molecule has 1 saturated heterocycles. The summed E-state index contributed by atoms with van der Waals surface area (Å²) in [6.07, 6.45) is 3.78. The van der Waals surface area contributed by atoms with Crippen LogP contribution in [-0.4, -0.2) is 41.1 Å². The molecule has 8 heteroatoms. The third kappa shape index (κ3) is 5.38. The fraction of sp³-hybridized carbons (Fsp3) is 0.160. The lowest BCUT2D eigenvalue weighted by atomic mass is 10.1. The van der Waals surface area contributed by atoms with Crippen molar-refractivity contribution >= 4 is 40.7 Å². The molecule has 0 bridgehead atoms. The van der Waals surface area contributed by atoms with Crippen molar-refractivity contribution < 1.29 is 13.9 Å². The van der Waals surface area contributed by atoms with Crippen molar-refractivity contribution in [2.75, 3.05) is 13.7 Å². The fourth-order valence-electron chi connectivity index (χ4n) is 3.35. The van der Waals surface area contributed by atoms with Crippen molar-refractivity contribution in [3.8, 4) is 17.1 Å². The molecular formula is C25H22ClN3O3S. The lowest BCUT2D eigenvalue weighted by molar-refractivity contribution is -0.125. The molecule has 2 heterocycles. The number of halogens is 1. The number of hydrogen-bond donors (Lipinski definition) is 0. The highest BCUT2D eigenvalue weighted by Gasteiger charge is 2.37. The molecule has 3 aromatic rings. The van der Waals surface area contributed by atoms with Crippen LogP contribution >= 0.6 is 23.4 Å². The maximum Gasteiger partial charge on any atom is 0.242 e. The molecule has 4 rings (SSSR count). The van der Waals surface area contributed by atoms with Gasteiger partial charge in [-0.2, -0.15) is 5.10 Å². The van der Waals surface area contributed by atoms with Gasteiger partial charge in [0.25, 0.3) is 0 Å². The van der Waals surface area contributed by atoms with Gasteiger partial charge in [-0.25, -0.2) is 0 Å². The standard InChI is InChI=1S/C25H22ClN3O3S/c1-3-14-29-24(30)23(15-17-8-10-18(31-2)11-9-17)33-25(29)28-27-16-19-12-13-22(32-19)20-6-4-5-7-21(20)26/h3-13,16,23H,1,14-15H2,2H3. The quantitative estimate of drug-likeness (QED) is 0.237. The molecule has 2 aromatic carbocycles. The minimum absolute atomic E-state index is 0.0105. The smallest absolute Gasteiger partial charge is 0.242 e. The molecule has 1 aliphatic rings. The number of benzene rings is 2. The maximum atomic E-state index is 12.9. The summed E-state index contributed by atoms with van der Waals surface area (Å²) in [4.78, 5) is 14.5. The second-order valence-electron chi connectivity index (χ2n) is 7.21. The van der Waals surface area contributed by atoms with E-state index in [0.717, 1.165) is 16.9 Å². The summed E-state index contributed by atoms with van der Waals surface area (Å²) in [7, 11) is 1.63. The van der Waals surface area contributed by atoms with Crippen molar-refractivity contribution in [1.29, 1.82) is 0 Å². The molecule has 6 nitrogen and oxygen atoms in total. The van der Waals surface area contributed by atoms with E-state index < -0.39 is 0 Å². The third-order valence-electron chi connectivity index (χ3n) is 5.01. The lowest BCUT2D eigenvalue weighted by Gasteiger charge is -2.12. The van der Waals surface area contributed by atoms with E-state index in [1.54, 1.807) is 24.2 Å². The van der Waals surface area contributed by atoms with E-state index in [1.807, 2.05) is 54.6 Å². The van der Waals surface area contributed by atoms with E-state index in [9.17, 15) is 4.79 Å². The normalized spacial score (nSPS) is 17.3. The van der Waals surface area contributed by atoms with Gasteiger partial charge in [0.05, 0.1) is 23.6 Å². The average Bonchev–Trinajstić information content (AvgIpc) is 3.41. The highest BCUT2D eigenvalue weighted by atomic mass is 35.5. The second kappa shape index (κ2) is 10.6. The van der Waals surface area contributed by atoms with Gasteiger partial charge in [0.15, 0.2) is 5.17 Å². The van der Waals surface area contributed by atoms with Gasteiger partial charge >= 0.3 is 0 Å². The summed E-state index contributed by atoms with van der Waals surface area (Å²) in [5.74, 6) is 1.95. The summed E-state index contributed by atoms with van der Waals surface area (Å²) in [6.45, 7) is 4.12. The molecule has 1 aliphatic heterocycles. The van der Waals surface area contributed by atoms with Crippen LogP contribution in [0.1, 0.15) is 11.3 Å². The minimum Gasteiger partial charge on any atom is -0.497 e. The first-order valence-electron chi connectivity index (χ1n) is 10.3. The van der Waals surface area contributed by atoms with Crippen LogP contribution in [0.3, 0.4) is 0 Å². The molecule has 1 unspecified atom stereocenters. The van der Waals surface area contributed by atoms with Crippen LogP contribution in [0.2, 0.25) is 5.02 Å². The molecule has 1 atom stereocenters. The van der Waals surface area contributed by atoms with Crippen molar-refractivity contribution in [2.45, 2.75) is 11.7 Å². The topological polar surface area (TPSA) is 67.4 Å². The molecule has 0 spiro atoms. The molecule has 0 aliphatic carbocycles. The first-order chi connectivity index (χ1) is 16.1. The lowest BCUT2D eigenvalue weighted by Crippen LogP contribution is -2.32. The number of carbonyl (C=O) groups is 1. The largest absolute Gasteiger partial charge is 0.497 e. The van der Waals surface area contributed by atoms with Crippen LogP contribution in [0.4, 0.5) is 0 Å². The summed E-state index contributed by atoms with van der Waals surface area (Å²) in [5, 5.41) is 9.31. The van der Waals surface area contributed by atoms with Crippen LogP contribution in [0.5, 0.6) is 5.75 Å². The Bertz CT molecular complexity index is 1200. The number of thioether (sulfide) groups is 1.